The molecule has 3 heteroatoms. The molecule has 13 heavy (non-hydrogen) atoms. The molecular formula is C10H16N2S. The highest BCUT2D eigenvalue weighted by Crippen LogP contribution is 2.32. The highest BCUT2D eigenvalue weighted by Gasteiger charge is 2.24. The van der Waals surface area contributed by atoms with E-state index in [-0.39, 0.29) is 0 Å². The summed E-state index contributed by atoms with van der Waals surface area (Å²) >= 11 is 1.79. The molecule has 1 aromatic rings. The lowest BCUT2D eigenvalue weighted by molar-refractivity contribution is 0.265. The average Bonchev–Trinajstić information content (AvgIpc) is 2.71. The maximum Gasteiger partial charge on any atom is 0.0357 e. The van der Waals surface area contributed by atoms with Gasteiger partial charge in [0.25, 0.3) is 0 Å². The Morgan fingerprint density at radius 3 is 3.23 bits per heavy atom. The fourth-order valence-corrected chi connectivity index (χ4v) is 2.81. The third-order valence-electron chi connectivity index (χ3n) is 2.71. The van der Waals surface area contributed by atoms with E-state index in [1.807, 2.05) is 0 Å². The summed E-state index contributed by atoms with van der Waals surface area (Å²) < 4.78 is 0. The predicted octanol–water partition coefficient (Wildman–Crippen LogP) is 1.84. The van der Waals surface area contributed by atoms with E-state index in [0.717, 1.165) is 13.1 Å². The molecule has 2 N–H and O–H groups in total. The molecule has 72 valence electrons. The van der Waals surface area contributed by atoms with E-state index < -0.39 is 0 Å². The first-order chi connectivity index (χ1) is 6.42. The zero-order chi connectivity index (χ0) is 9.10. The van der Waals surface area contributed by atoms with E-state index in [4.69, 9.17) is 5.73 Å². The predicted molar refractivity (Wildman–Crippen MR) is 56.9 cm³/mol. The summed E-state index contributed by atoms with van der Waals surface area (Å²) in [5, 5.41) is 4.42. The number of hydrogen-bond donors (Lipinski definition) is 1. The number of rotatable bonds is 3. The molecule has 2 heterocycles. The van der Waals surface area contributed by atoms with Crippen LogP contribution in [0.15, 0.2) is 16.8 Å². The van der Waals surface area contributed by atoms with Crippen LogP contribution in [0.25, 0.3) is 0 Å². The molecule has 0 radical (unpaired) electrons. The van der Waals surface area contributed by atoms with Crippen molar-refractivity contribution in [3.05, 3.63) is 22.4 Å². The molecule has 1 aromatic heterocycles. The van der Waals surface area contributed by atoms with E-state index in [2.05, 4.69) is 21.7 Å². The summed E-state index contributed by atoms with van der Waals surface area (Å²) in [6, 6.07) is 2.89. The summed E-state index contributed by atoms with van der Waals surface area (Å²) in [6.45, 7) is 3.04. The maximum atomic E-state index is 5.58. The fraction of sp³-hybridized carbons (Fsp3) is 0.600. The lowest BCUT2D eigenvalue weighted by Gasteiger charge is -2.22. The smallest absolute Gasteiger partial charge is 0.0357 e. The SMILES string of the molecule is NCCN1CCCC1c1ccsc1. The van der Waals surface area contributed by atoms with Gasteiger partial charge in [0.05, 0.1) is 0 Å². The van der Waals surface area contributed by atoms with Crippen LogP contribution in [0.4, 0.5) is 0 Å². The van der Waals surface area contributed by atoms with E-state index >= 15 is 0 Å². The van der Waals surface area contributed by atoms with Gasteiger partial charge in [-0.05, 0) is 41.8 Å². The number of hydrogen-bond acceptors (Lipinski definition) is 3. The van der Waals surface area contributed by atoms with Crippen molar-refractivity contribution in [2.45, 2.75) is 18.9 Å². The van der Waals surface area contributed by atoms with Gasteiger partial charge in [-0.1, -0.05) is 0 Å². The number of nitrogens with zero attached hydrogens (tertiary/aromatic N) is 1. The van der Waals surface area contributed by atoms with Gasteiger partial charge in [0.1, 0.15) is 0 Å². The lowest BCUT2D eigenvalue weighted by Crippen LogP contribution is -2.28. The van der Waals surface area contributed by atoms with Crippen molar-refractivity contribution in [2.24, 2.45) is 5.73 Å². The summed E-state index contributed by atoms with van der Waals surface area (Å²) in [5.41, 5.74) is 7.07. The van der Waals surface area contributed by atoms with Crippen molar-refractivity contribution in [3.8, 4) is 0 Å². The van der Waals surface area contributed by atoms with Crippen molar-refractivity contribution in [1.29, 1.82) is 0 Å². The first kappa shape index (κ1) is 9.19. The second-order valence-electron chi connectivity index (χ2n) is 3.54. The van der Waals surface area contributed by atoms with Gasteiger partial charge in [0.2, 0.25) is 0 Å². The van der Waals surface area contributed by atoms with Crippen LogP contribution in [0.1, 0.15) is 24.4 Å². The number of nitrogens with two attached hydrogens (primary N) is 1. The van der Waals surface area contributed by atoms with Crippen LogP contribution in [-0.2, 0) is 0 Å². The topological polar surface area (TPSA) is 29.3 Å². The minimum Gasteiger partial charge on any atom is -0.329 e. The second-order valence-corrected chi connectivity index (χ2v) is 4.32. The Morgan fingerprint density at radius 2 is 2.54 bits per heavy atom. The van der Waals surface area contributed by atoms with Gasteiger partial charge in [-0.3, -0.25) is 4.90 Å². The van der Waals surface area contributed by atoms with E-state index in [1.165, 1.54) is 24.9 Å². The molecule has 2 nitrogen and oxygen atoms in total. The minimum absolute atomic E-state index is 0.648. The number of likely N-dealkylation sites (tertiary alicyclic amines) is 1. The van der Waals surface area contributed by atoms with E-state index in [1.54, 1.807) is 11.3 Å². The Kier molecular flexibility index (Phi) is 2.98. The third kappa shape index (κ3) is 1.93. The van der Waals surface area contributed by atoms with Crippen molar-refractivity contribution < 1.29 is 0 Å². The molecule has 1 fully saturated rings. The van der Waals surface area contributed by atoms with Gasteiger partial charge in [-0.2, -0.15) is 11.3 Å². The first-order valence-corrected chi connectivity index (χ1v) is 5.82. The molecule has 0 amide bonds. The summed E-state index contributed by atoms with van der Waals surface area (Å²) in [6.07, 6.45) is 2.62. The van der Waals surface area contributed by atoms with Crippen LogP contribution in [0.2, 0.25) is 0 Å². The Labute approximate surface area is 83.4 Å². The molecule has 1 saturated heterocycles. The Hall–Kier alpha value is -0.380. The van der Waals surface area contributed by atoms with E-state index in [9.17, 15) is 0 Å². The van der Waals surface area contributed by atoms with Gasteiger partial charge < -0.3 is 5.73 Å². The maximum absolute atomic E-state index is 5.58. The van der Waals surface area contributed by atoms with Crippen LogP contribution < -0.4 is 5.73 Å². The minimum atomic E-state index is 0.648. The fourth-order valence-electron chi connectivity index (χ4n) is 2.10. The molecule has 0 saturated carbocycles. The molecule has 0 aromatic carbocycles. The first-order valence-electron chi connectivity index (χ1n) is 4.88. The Morgan fingerprint density at radius 1 is 1.62 bits per heavy atom. The molecule has 1 aliphatic heterocycles. The third-order valence-corrected chi connectivity index (χ3v) is 3.41. The zero-order valence-corrected chi connectivity index (χ0v) is 8.59. The lowest BCUT2D eigenvalue weighted by atomic mass is 10.1. The largest absolute Gasteiger partial charge is 0.329 e. The summed E-state index contributed by atoms with van der Waals surface area (Å²) in [7, 11) is 0. The number of thiophene rings is 1. The zero-order valence-electron chi connectivity index (χ0n) is 7.78. The molecule has 0 spiro atoms. The average molecular weight is 196 g/mol. The van der Waals surface area contributed by atoms with E-state index in [0.29, 0.717) is 6.04 Å². The van der Waals surface area contributed by atoms with Gasteiger partial charge >= 0.3 is 0 Å². The van der Waals surface area contributed by atoms with Crippen molar-refractivity contribution in [3.63, 3.8) is 0 Å². The molecular weight excluding hydrogens is 180 g/mol. The molecule has 0 bridgehead atoms. The quantitative estimate of drug-likeness (QED) is 0.799. The Balaban J connectivity index is 2.05. The molecule has 1 aliphatic rings. The summed E-state index contributed by atoms with van der Waals surface area (Å²) in [5.74, 6) is 0. The molecule has 2 rings (SSSR count). The van der Waals surface area contributed by atoms with Crippen molar-refractivity contribution >= 4 is 11.3 Å². The van der Waals surface area contributed by atoms with Crippen LogP contribution in [0.5, 0.6) is 0 Å². The highest BCUT2D eigenvalue weighted by molar-refractivity contribution is 7.07. The van der Waals surface area contributed by atoms with Crippen molar-refractivity contribution in [1.82, 2.24) is 4.90 Å². The van der Waals surface area contributed by atoms with Gasteiger partial charge in [0.15, 0.2) is 0 Å². The Bertz CT molecular complexity index is 245. The van der Waals surface area contributed by atoms with Crippen LogP contribution in [-0.4, -0.2) is 24.5 Å². The van der Waals surface area contributed by atoms with Gasteiger partial charge in [0, 0.05) is 19.1 Å². The normalized spacial score (nSPS) is 23.9. The van der Waals surface area contributed by atoms with Gasteiger partial charge in [-0.25, -0.2) is 0 Å². The van der Waals surface area contributed by atoms with Crippen LogP contribution >= 0.6 is 11.3 Å². The second kappa shape index (κ2) is 4.22. The molecule has 1 atom stereocenters. The monoisotopic (exact) mass is 196 g/mol. The van der Waals surface area contributed by atoms with Gasteiger partial charge in [-0.15, -0.1) is 0 Å². The highest BCUT2D eigenvalue weighted by atomic mass is 32.1. The standard InChI is InChI=1S/C10H16N2S/c11-4-6-12-5-1-2-10(12)9-3-7-13-8-9/h3,7-8,10H,1-2,4-6,11H2. The van der Waals surface area contributed by atoms with Crippen molar-refractivity contribution in [2.75, 3.05) is 19.6 Å². The molecule has 1 unspecified atom stereocenters. The van der Waals surface area contributed by atoms with Crippen LogP contribution in [0.3, 0.4) is 0 Å². The summed E-state index contributed by atoms with van der Waals surface area (Å²) in [4.78, 5) is 2.50. The molecule has 0 aliphatic carbocycles. The van der Waals surface area contributed by atoms with Crippen LogP contribution in [0, 0.1) is 0 Å².